The monoisotopic (exact) mass is 472 g/mol. The second-order valence-electron chi connectivity index (χ2n) is 9.07. The molecule has 35 heavy (non-hydrogen) atoms. The first kappa shape index (κ1) is 21.6. The molecule has 1 aromatic carbocycles. The normalized spacial score (nSPS) is 17.7. The summed E-state index contributed by atoms with van der Waals surface area (Å²) in [6, 6.07) is 11.3. The van der Waals surface area contributed by atoms with Crippen molar-refractivity contribution in [2.24, 2.45) is 0 Å². The number of rotatable bonds is 6. The second kappa shape index (κ2) is 8.71. The van der Waals surface area contributed by atoms with Crippen LogP contribution in [0, 0.1) is 11.8 Å². The zero-order valence-corrected chi connectivity index (χ0v) is 19.3. The number of halogens is 1. The van der Waals surface area contributed by atoms with E-state index in [2.05, 4.69) is 32.2 Å². The van der Waals surface area contributed by atoms with Gasteiger partial charge in [-0.3, -0.25) is 9.48 Å². The number of amides is 1. The van der Waals surface area contributed by atoms with E-state index in [1.54, 1.807) is 19.5 Å². The molecule has 1 unspecified atom stereocenters. The van der Waals surface area contributed by atoms with Gasteiger partial charge in [-0.25, -0.2) is 9.37 Å². The van der Waals surface area contributed by atoms with Crippen LogP contribution in [0.15, 0.2) is 42.7 Å². The van der Waals surface area contributed by atoms with Crippen LogP contribution in [-0.4, -0.2) is 50.1 Å². The van der Waals surface area contributed by atoms with Crippen molar-refractivity contribution in [2.45, 2.75) is 44.1 Å². The predicted molar refractivity (Wildman–Crippen MR) is 128 cm³/mol. The Labute approximate surface area is 201 Å². The molecular formula is C26H25FN6O2. The highest BCUT2D eigenvalue weighted by atomic mass is 19.1. The second-order valence-corrected chi connectivity index (χ2v) is 9.07. The summed E-state index contributed by atoms with van der Waals surface area (Å²) in [5.74, 6) is 5.67. The molecule has 1 aliphatic heterocycles. The number of alkyl halides is 1. The zero-order valence-electron chi connectivity index (χ0n) is 19.3. The molecule has 178 valence electrons. The first-order valence-corrected chi connectivity index (χ1v) is 11.7. The molecule has 1 amide bonds. The third-order valence-electron chi connectivity index (χ3n) is 6.49. The molecule has 2 aliphatic rings. The molecule has 0 radical (unpaired) electrons. The Morgan fingerprint density at radius 3 is 3.00 bits per heavy atom. The van der Waals surface area contributed by atoms with Gasteiger partial charge < -0.3 is 19.6 Å². The fourth-order valence-corrected chi connectivity index (χ4v) is 4.68. The Bertz CT molecular complexity index is 1430. The standard InChI is InChI=1S/C26H25FN6O2/c1-35-10-4-6-19-13-22(31-33(19)18-8-9-18)26(34)30-24(21-11-16-5-2-3-7-20(16)29-21)25-23-12-17(27)14-32(23)15-28-25/h2-3,5,7,11,13,15,17-18,24,29H,8-10,12,14H2,1H3,(H,30,34)/t17-,24?/m1/s1. The van der Waals surface area contributed by atoms with Gasteiger partial charge in [0.25, 0.3) is 5.91 Å². The number of hydrogen-bond donors (Lipinski definition) is 2. The van der Waals surface area contributed by atoms with Crippen molar-refractivity contribution < 1.29 is 13.9 Å². The number of aromatic nitrogens is 5. The van der Waals surface area contributed by atoms with Crippen LogP contribution in [0.1, 0.15) is 58.2 Å². The van der Waals surface area contributed by atoms with E-state index >= 15 is 0 Å². The van der Waals surface area contributed by atoms with Gasteiger partial charge in [0.1, 0.15) is 24.5 Å². The van der Waals surface area contributed by atoms with Crippen molar-refractivity contribution in [1.29, 1.82) is 0 Å². The lowest BCUT2D eigenvalue weighted by Gasteiger charge is -2.17. The summed E-state index contributed by atoms with van der Waals surface area (Å²) in [6.07, 6.45) is 3.01. The molecule has 1 aliphatic carbocycles. The lowest BCUT2D eigenvalue weighted by Crippen LogP contribution is -2.31. The Morgan fingerprint density at radius 2 is 2.20 bits per heavy atom. The van der Waals surface area contributed by atoms with Crippen molar-refractivity contribution in [3.05, 3.63) is 71.2 Å². The van der Waals surface area contributed by atoms with E-state index in [4.69, 9.17) is 4.74 Å². The number of fused-ring (bicyclic) bond motifs is 2. The molecule has 0 bridgehead atoms. The van der Waals surface area contributed by atoms with Gasteiger partial charge in [0.05, 0.1) is 24.6 Å². The number of methoxy groups -OCH3 is 1. The van der Waals surface area contributed by atoms with E-state index in [0.29, 0.717) is 23.7 Å². The fraction of sp³-hybridized carbons (Fsp3) is 0.346. The number of hydrogen-bond acceptors (Lipinski definition) is 4. The molecule has 0 spiro atoms. The van der Waals surface area contributed by atoms with Gasteiger partial charge in [0.2, 0.25) is 0 Å². The van der Waals surface area contributed by atoms with Crippen molar-refractivity contribution in [2.75, 3.05) is 13.7 Å². The molecule has 9 heteroatoms. The van der Waals surface area contributed by atoms with Crippen LogP contribution in [0.25, 0.3) is 10.9 Å². The fourth-order valence-electron chi connectivity index (χ4n) is 4.68. The SMILES string of the molecule is COCC#Cc1cc(C(=O)NC(c2cc3ccccc3[nH]2)c2ncn3c2C[C@@H](F)C3)nn1C1CC1. The topological polar surface area (TPSA) is 89.8 Å². The Hall–Kier alpha value is -3.90. The zero-order chi connectivity index (χ0) is 23.9. The quantitative estimate of drug-likeness (QED) is 0.422. The minimum absolute atomic E-state index is 0.269. The number of imidazole rings is 1. The lowest BCUT2D eigenvalue weighted by molar-refractivity contribution is 0.0935. The van der Waals surface area contributed by atoms with Crippen LogP contribution in [0.5, 0.6) is 0 Å². The summed E-state index contributed by atoms with van der Waals surface area (Å²) < 4.78 is 22.8. The Kier molecular flexibility index (Phi) is 5.38. The lowest BCUT2D eigenvalue weighted by atomic mass is 10.1. The van der Waals surface area contributed by atoms with E-state index in [9.17, 15) is 9.18 Å². The Balaban J connectivity index is 1.36. The summed E-state index contributed by atoms with van der Waals surface area (Å²) in [6.45, 7) is 0.589. The number of aromatic amines is 1. The number of benzene rings is 1. The smallest absolute Gasteiger partial charge is 0.272 e. The maximum atomic E-state index is 14.2. The van der Waals surface area contributed by atoms with Crippen LogP contribution in [0.2, 0.25) is 0 Å². The number of nitrogens with zero attached hydrogens (tertiary/aromatic N) is 4. The van der Waals surface area contributed by atoms with Crippen LogP contribution >= 0.6 is 0 Å². The van der Waals surface area contributed by atoms with E-state index < -0.39 is 12.2 Å². The third-order valence-corrected chi connectivity index (χ3v) is 6.49. The van der Waals surface area contributed by atoms with Gasteiger partial charge in [-0.1, -0.05) is 24.1 Å². The van der Waals surface area contributed by atoms with Crippen LogP contribution in [-0.2, 0) is 17.7 Å². The number of H-pyrrole nitrogens is 1. The van der Waals surface area contributed by atoms with Crippen molar-refractivity contribution >= 4 is 16.8 Å². The summed E-state index contributed by atoms with van der Waals surface area (Å²) in [5.41, 5.74) is 4.17. The first-order valence-electron chi connectivity index (χ1n) is 11.7. The molecule has 4 heterocycles. The van der Waals surface area contributed by atoms with Gasteiger partial charge in [-0.2, -0.15) is 5.10 Å². The van der Waals surface area contributed by atoms with Crippen molar-refractivity contribution in [1.82, 2.24) is 29.6 Å². The highest BCUT2D eigenvalue weighted by Crippen LogP contribution is 2.35. The highest BCUT2D eigenvalue weighted by molar-refractivity contribution is 5.93. The van der Waals surface area contributed by atoms with E-state index in [0.717, 1.165) is 35.1 Å². The molecule has 1 fully saturated rings. The predicted octanol–water partition coefficient (Wildman–Crippen LogP) is 3.31. The third kappa shape index (κ3) is 4.10. The highest BCUT2D eigenvalue weighted by Gasteiger charge is 2.32. The van der Waals surface area contributed by atoms with E-state index in [-0.39, 0.29) is 24.9 Å². The van der Waals surface area contributed by atoms with E-state index in [1.165, 1.54) is 0 Å². The van der Waals surface area contributed by atoms with Crippen molar-refractivity contribution in [3.8, 4) is 11.8 Å². The molecule has 0 saturated heterocycles. The summed E-state index contributed by atoms with van der Waals surface area (Å²) in [5, 5.41) is 8.70. The van der Waals surface area contributed by atoms with Gasteiger partial charge in [-0.15, -0.1) is 0 Å². The number of carbonyl (C=O) groups is 1. The van der Waals surface area contributed by atoms with Crippen molar-refractivity contribution in [3.63, 3.8) is 0 Å². The number of nitrogens with one attached hydrogen (secondary N) is 2. The first-order chi connectivity index (χ1) is 17.1. The minimum Gasteiger partial charge on any atom is -0.372 e. The Morgan fingerprint density at radius 1 is 1.34 bits per heavy atom. The summed E-state index contributed by atoms with van der Waals surface area (Å²) >= 11 is 0. The summed E-state index contributed by atoms with van der Waals surface area (Å²) in [7, 11) is 1.59. The number of ether oxygens (including phenoxy) is 1. The van der Waals surface area contributed by atoms with Gasteiger partial charge in [0, 0.05) is 36.5 Å². The van der Waals surface area contributed by atoms with Crippen LogP contribution in [0.3, 0.4) is 0 Å². The van der Waals surface area contributed by atoms with E-state index in [1.807, 2.05) is 39.6 Å². The molecule has 3 aromatic heterocycles. The van der Waals surface area contributed by atoms with Crippen LogP contribution < -0.4 is 5.32 Å². The molecule has 2 atom stereocenters. The maximum absolute atomic E-state index is 14.2. The number of carbonyl (C=O) groups excluding carboxylic acids is 1. The minimum atomic E-state index is -0.951. The van der Waals surface area contributed by atoms with Crippen LogP contribution in [0.4, 0.5) is 4.39 Å². The molecule has 1 saturated carbocycles. The molecule has 2 N–H and O–H groups in total. The average Bonchev–Trinajstić information content (AvgIpc) is 3.17. The largest absolute Gasteiger partial charge is 0.372 e. The number of para-hydroxylation sites is 1. The molecule has 4 aromatic rings. The maximum Gasteiger partial charge on any atom is 0.272 e. The molecule has 8 nitrogen and oxygen atoms in total. The summed E-state index contributed by atoms with van der Waals surface area (Å²) in [4.78, 5) is 21.4. The molecular weight excluding hydrogens is 447 g/mol. The van der Waals surface area contributed by atoms with Gasteiger partial charge in [-0.05, 0) is 36.3 Å². The van der Waals surface area contributed by atoms with Gasteiger partial charge >= 0.3 is 0 Å². The molecule has 6 rings (SSSR count). The van der Waals surface area contributed by atoms with Gasteiger partial charge in [0.15, 0.2) is 5.69 Å². The average molecular weight is 473 g/mol.